The minimum atomic E-state index is -3.85. The van der Waals surface area contributed by atoms with Crippen LogP contribution in [0.2, 0.25) is 0 Å². The zero-order valence-corrected chi connectivity index (χ0v) is 8.95. The fourth-order valence-electron chi connectivity index (χ4n) is 0.353. The molecule has 1 radical (unpaired) electrons. The summed E-state index contributed by atoms with van der Waals surface area (Å²) in [6.07, 6.45) is 1.15. The van der Waals surface area contributed by atoms with E-state index in [-0.39, 0.29) is 35.3 Å². The molecule has 0 saturated carbocycles. The number of hydrogen-bond acceptors (Lipinski definition) is 3. The molecule has 0 amide bonds. The second-order valence-electron chi connectivity index (χ2n) is 1.68. The molecule has 3 nitrogen and oxygen atoms in total. The first-order valence-electron chi connectivity index (χ1n) is 2.65. The van der Waals surface area contributed by atoms with Gasteiger partial charge in [0, 0.05) is 29.6 Å². The minimum Gasteiger partial charge on any atom is -0.197 e. The van der Waals surface area contributed by atoms with Crippen LogP contribution >= 0.6 is 0 Å². The third kappa shape index (κ3) is 6.95. The van der Waals surface area contributed by atoms with Gasteiger partial charge >= 0.3 is 0 Å². The summed E-state index contributed by atoms with van der Waals surface area (Å²) in [5.41, 5.74) is 0. The standard InChI is InChI=1S/C4H9FO3S.Na/c1-2-3-4-9(6,7)8-5;/h2-4H2,1H3;. The molecule has 6 heteroatoms. The zero-order valence-electron chi connectivity index (χ0n) is 6.13. The molecule has 0 N–H and O–H groups in total. The molecule has 0 rings (SSSR count). The molecular weight excluding hydrogens is 170 g/mol. The first kappa shape index (κ1) is 13.4. The second kappa shape index (κ2) is 6.54. The summed E-state index contributed by atoms with van der Waals surface area (Å²) in [6.45, 7) is 1.81. The largest absolute Gasteiger partial charge is 0.297 e. The number of rotatable bonds is 4. The summed E-state index contributed by atoms with van der Waals surface area (Å²) in [4.78, 5) is 0. The van der Waals surface area contributed by atoms with Gasteiger partial charge in [0.2, 0.25) is 0 Å². The average molecular weight is 179 g/mol. The average Bonchev–Trinajstić information content (AvgIpc) is 1.84. The zero-order chi connectivity index (χ0) is 7.33. The first-order chi connectivity index (χ1) is 4.12. The molecule has 0 aliphatic carbocycles. The van der Waals surface area contributed by atoms with Crippen molar-refractivity contribution in [1.82, 2.24) is 0 Å². The summed E-state index contributed by atoms with van der Waals surface area (Å²) in [5.74, 6) is -0.236. The van der Waals surface area contributed by atoms with E-state index in [4.69, 9.17) is 0 Å². The van der Waals surface area contributed by atoms with Gasteiger partial charge in [0.05, 0.1) is 5.75 Å². The predicted molar refractivity (Wildman–Crippen MR) is 36.6 cm³/mol. The van der Waals surface area contributed by atoms with Gasteiger partial charge < -0.3 is 0 Å². The van der Waals surface area contributed by atoms with Gasteiger partial charge in [-0.2, -0.15) is 8.42 Å². The van der Waals surface area contributed by atoms with E-state index >= 15 is 0 Å². The van der Waals surface area contributed by atoms with Gasteiger partial charge in [0.15, 0.2) is 0 Å². The van der Waals surface area contributed by atoms with Gasteiger partial charge in [-0.05, 0) is 10.9 Å². The van der Waals surface area contributed by atoms with Gasteiger partial charge in [-0.15, -0.1) is 0 Å². The van der Waals surface area contributed by atoms with E-state index in [1.807, 2.05) is 6.92 Å². The Labute approximate surface area is 82.3 Å². The third-order valence-electron chi connectivity index (χ3n) is 0.844. The molecule has 0 bridgehead atoms. The molecule has 0 aromatic carbocycles. The molecule has 0 atom stereocenters. The van der Waals surface area contributed by atoms with E-state index in [1.54, 1.807) is 0 Å². The maximum atomic E-state index is 11.0. The molecule has 0 unspecified atom stereocenters. The molecule has 0 saturated heterocycles. The van der Waals surface area contributed by atoms with Gasteiger partial charge in [0.25, 0.3) is 10.1 Å². The van der Waals surface area contributed by atoms with Gasteiger partial charge in [-0.1, -0.05) is 17.7 Å². The molecule has 10 heavy (non-hydrogen) atoms. The first-order valence-corrected chi connectivity index (χ1v) is 4.23. The van der Waals surface area contributed by atoms with Crippen LogP contribution in [0.3, 0.4) is 0 Å². The number of unbranched alkanes of at least 4 members (excludes halogenated alkanes) is 1. The fraction of sp³-hybridized carbons (Fsp3) is 1.00. The van der Waals surface area contributed by atoms with Gasteiger partial charge in [-0.3, -0.25) is 0 Å². The molecular formula is C4H9FNaO3S. The van der Waals surface area contributed by atoms with E-state index < -0.39 is 10.1 Å². The van der Waals surface area contributed by atoms with Crippen LogP contribution in [-0.2, 0) is 14.5 Å². The number of halogens is 1. The molecule has 0 aromatic heterocycles. The number of hydrogen-bond donors (Lipinski definition) is 0. The van der Waals surface area contributed by atoms with E-state index in [1.165, 1.54) is 0 Å². The Morgan fingerprint density at radius 1 is 1.50 bits per heavy atom. The van der Waals surface area contributed by atoms with Crippen molar-refractivity contribution in [2.75, 3.05) is 5.75 Å². The van der Waals surface area contributed by atoms with Crippen molar-refractivity contribution in [3.63, 3.8) is 0 Å². The topological polar surface area (TPSA) is 43.4 Å². The molecule has 0 heterocycles. The predicted octanol–water partition coefficient (Wildman–Crippen LogP) is 0.637. The quantitative estimate of drug-likeness (QED) is 0.595. The van der Waals surface area contributed by atoms with Gasteiger partial charge in [0.1, 0.15) is 0 Å². The van der Waals surface area contributed by atoms with Crippen LogP contribution in [0.1, 0.15) is 19.8 Å². The van der Waals surface area contributed by atoms with Crippen LogP contribution in [0.4, 0.5) is 4.53 Å². The Morgan fingerprint density at radius 3 is 2.30 bits per heavy atom. The minimum absolute atomic E-state index is 0. The Bertz CT molecular complexity index is 156. The maximum absolute atomic E-state index is 11.0. The Morgan fingerprint density at radius 2 is 2.00 bits per heavy atom. The normalized spacial score (nSPS) is 10.6. The van der Waals surface area contributed by atoms with Crippen LogP contribution < -0.4 is 0 Å². The smallest absolute Gasteiger partial charge is 0.197 e. The van der Waals surface area contributed by atoms with Crippen LogP contribution in [0.25, 0.3) is 0 Å². The summed E-state index contributed by atoms with van der Waals surface area (Å²) < 4.78 is 34.0. The summed E-state index contributed by atoms with van der Waals surface area (Å²) >= 11 is 0. The van der Waals surface area contributed by atoms with Crippen molar-refractivity contribution in [1.29, 1.82) is 0 Å². The van der Waals surface area contributed by atoms with E-state index in [0.29, 0.717) is 12.8 Å². The molecule has 0 spiro atoms. The maximum Gasteiger partial charge on any atom is 0.297 e. The van der Waals surface area contributed by atoms with Crippen molar-refractivity contribution in [2.24, 2.45) is 0 Å². The van der Waals surface area contributed by atoms with Crippen LogP contribution in [0, 0.1) is 0 Å². The van der Waals surface area contributed by atoms with Crippen molar-refractivity contribution >= 4 is 39.7 Å². The molecule has 57 valence electrons. The van der Waals surface area contributed by atoms with Crippen LogP contribution in [0.5, 0.6) is 0 Å². The van der Waals surface area contributed by atoms with E-state index in [0.717, 1.165) is 0 Å². The summed E-state index contributed by atoms with van der Waals surface area (Å²) in [7, 11) is -3.85. The van der Waals surface area contributed by atoms with Crippen molar-refractivity contribution in [2.45, 2.75) is 19.8 Å². The summed E-state index contributed by atoms with van der Waals surface area (Å²) in [5, 5.41) is 0. The molecule has 0 fully saturated rings. The monoisotopic (exact) mass is 179 g/mol. The third-order valence-corrected chi connectivity index (χ3v) is 1.82. The molecule has 0 aliphatic rings. The van der Waals surface area contributed by atoms with Crippen molar-refractivity contribution in [3.8, 4) is 0 Å². The molecule has 0 aliphatic heterocycles. The Kier molecular flexibility index (Phi) is 8.79. The van der Waals surface area contributed by atoms with Crippen molar-refractivity contribution < 1.29 is 17.3 Å². The van der Waals surface area contributed by atoms with Gasteiger partial charge in [-0.25, -0.2) is 0 Å². The Balaban J connectivity index is 0. The van der Waals surface area contributed by atoms with E-state index in [2.05, 4.69) is 4.39 Å². The van der Waals surface area contributed by atoms with Crippen LogP contribution in [-0.4, -0.2) is 43.7 Å². The second-order valence-corrected chi connectivity index (χ2v) is 3.33. The van der Waals surface area contributed by atoms with Crippen LogP contribution in [0.15, 0.2) is 0 Å². The summed E-state index contributed by atoms with van der Waals surface area (Å²) in [6, 6.07) is 0. The van der Waals surface area contributed by atoms with E-state index in [9.17, 15) is 12.9 Å². The SMILES string of the molecule is CCCCS(=O)(=O)OF.[Na]. The molecule has 0 aromatic rings. The van der Waals surface area contributed by atoms with Crippen molar-refractivity contribution in [3.05, 3.63) is 0 Å². The Hall–Kier alpha value is 0.840. The fourth-order valence-corrected chi connectivity index (χ4v) is 1.06.